The first-order valence-electron chi connectivity index (χ1n) is 10.4. The lowest BCUT2D eigenvalue weighted by molar-refractivity contribution is -0.141. The molecule has 0 aliphatic heterocycles. The van der Waals surface area contributed by atoms with Gasteiger partial charge in [0.15, 0.2) is 23.3 Å². The van der Waals surface area contributed by atoms with Crippen molar-refractivity contribution < 1.29 is 28.3 Å². The number of nitrogens with zero attached hydrogens (tertiary/aromatic N) is 1. The molecule has 10 heteroatoms. The second kappa shape index (κ2) is 11.0. The van der Waals surface area contributed by atoms with E-state index < -0.39 is 18.5 Å². The lowest BCUT2D eigenvalue weighted by atomic mass is 10.1. The molecule has 2 heterocycles. The Morgan fingerprint density at radius 2 is 1.63 bits per heavy atom. The van der Waals surface area contributed by atoms with Crippen molar-refractivity contribution in [2.45, 2.75) is 6.42 Å². The Morgan fingerprint density at radius 1 is 0.857 bits per heavy atom. The van der Waals surface area contributed by atoms with Crippen molar-refractivity contribution in [3.8, 4) is 0 Å². The number of Topliss-reactive ketones (excluding diaryl/α,β-unsaturated/α-hetero) is 1. The number of esters is 1. The maximum atomic E-state index is 12.4. The van der Waals surface area contributed by atoms with Gasteiger partial charge in [-0.1, -0.05) is 18.2 Å². The van der Waals surface area contributed by atoms with E-state index in [1.165, 1.54) is 12.3 Å². The van der Waals surface area contributed by atoms with E-state index in [0.717, 1.165) is 11.3 Å². The molecule has 4 rings (SSSR count). The van der Waals surface area contributed by atoms with Crippen molar-refractivity contribution in [1.29, 1.82) is 0 Å². The van der Waals surface area contributed by atoms with Crippen LogP contribution < -0.4 is 10.6 Å². The fourth-order valence-electron chi connectivity index (χ4n) is 2.97. The summed E-state index contributed by atoms with van der Waals surface area (Å²) in [5, 5.41) is 7.25. The monoisotopic (exact) mass is 489 g/mol. The number of carbonyl (C=O) groups is 4. The number of thiazole rings is 1. The highest BCUT2D eigenvalue weighted by Crippen LogP contribution is 2.18. The van der Waals surface area contributed by atoms with Gasteiger partial charge < -0.3 is 14.5 Å². The third-order valence-electron chi connectivity index (χ3n) is 4.71. The SMILES string of the molecule is O=C(Cc1csc(NC(=O)c2ccco2)n1)OCC(=O)c1ccc(NC(=O)c2ccccc2)cc1. The van der Waals surface area contributed by atoms with E-state index in [9.17, 15) is 19.2 Å². The summed E-state index contributed by atoms with van der Waals surface area (Å²) in [5.74, 6) is -1.58. The summed E-state index contributed by atoms with van der Waals surface area (Å²) in [6, 6.07) is 18.2. The molecule has 176 valence electrons. The van der Waals surface area contributed by atoms with Gasteiger partial charge in [0.05, 0.1) is 18.4 Å². The molecular weight excluding hydrogens is 470 g/mol. The van der Waals surface area contributed by atoms with Crippen LogP contribution in [0.5, 0.6) is 0 Å². The normalized spacial score (nSPS) is 10.4. The molecule has 0 atom stereocenters. The van der Waals surface area contributed by atoms with Gasteiger partial charge in [0.25, 0.3) is 11.8 Å². The van der Waals surface area contributed by atoms with E-state index in [-0.39, 0.29) is 23.9 Å². The van der Waals surface area contributed by atoms with Crippen LogP contribution in [0, 0.1) is 0 Å². The molecule has 35 heavy (non-hydrogen) atoms. The summed E-state index contributed by atoms with van der Waals surface area (Å²) in [6.07, 6.45) is 1.24. The topological polar surface area (TPSA) is 128 Å². The molecule has 9 nitrogen and oxygen atoms in total. The molecule has 0 saturated carbocycles. The minimum Gasteiger partial charge on any atom is -0.459 e. The van der Waals surface area contributed by atoms with Crippen LogP contribution in [0.25, 0.3) is 0 Å². The van der Waals surface area contributed by atoms with Gasteiger partial charge in [-0.05, 0) is 48.5 Å². The molecule has 2 aromatic carbocycles. The Hall–Kier alpha value is -4.57. The molecular formula is C25H19N3O6S. The number of amides is 2. The van der Waals surface area contributed by atoms with E-state index >= 15 is 0 Å². The van der Waals surface area contributed by atoms with Crippen LogP contribution in [-0.4, -0.2) is 35.2 Å². The maximum Gasteiger partial charge on any atom is 0.312 e. The number of ether oxygens (including phenoxy) is 1. The van der Waals surface area contributed by atoms with Gasteiger partial charge in [0.2, 0.25) is 0 Å². The molecule has 4 aromatic rings. The number of ketones is 1. The van der Waals surface area contributed by atoms with E-state index in [0.29, 0.717) is 27.6 Å². The van der Waals surface area contributed by atoms with Crippen LogP contribution in [0.15, 0.2) is 82.8 Å². The fraction of sp³-hybridized carbons (Fsp3) is 0.0800. The van der Waals surface area contributed by atoms with Crippen molar-refractivity contribution >= 4 is 45.7 Å². The Bertz CT molecular complexity index is 1330. The highest BCUT2D eigenvalue weighted by molar-refractivity contribution is 7.14. The number of rotatable bonds is 9. The Labute approximate surface area is 203 Å². The number of hydrogen-bond acceptors (Lipinski definition) is 8. The second-order valence-corrected chi connectivity index (χ2v) is 8.09. The first-order valence-corrected chi connectivity index (χ1v) is 11.3. The lowest BCUT2D eigenvalue weighted by Crippen LogP contribution is -2.16. The van der Waals surface area contributed by atoms with Gasteiger partial charge >= 0.3 is 5.97 Å². The third kappa shape index (κ3) is 6.49. The van der Waals surface area contributed by atoms with E-state index in [4.69, 9.17) is 9.15 Å². The zero-order chi connectivity index (χ0) is 24.6. The summed E-state index contributed by atoms with van der Waals surface area (Å²) < 4.78 is 10.1. The van der Waals surface area contributed by atoms with E-state index in [1.54, 1.807) is 60.0 Å². The molecule has 0 fully saturated rings. The van der Waals surface area contributed by atoms with Crippen LogP contribution in [0.2, 0.25) is 0 Å². The quantitative estimate of drug-likeness (QED) is 0.266. The van der Waals surface area contributed by atoms with Crippen molar-refractivity contribution in [2.75, 3.05) is 17.2 Å². The number of aromatic nitrogens is 1. The number of hydrogen-bond donors (Lipinski definition) is 2. The smallest absolute Gasteiger partial charge is 0.312 e. The van der Waals surface area contributed by atoms with Gasteiger partial charge in [-0.3, -0.25) is 24.5 Å². The van der Waals surface area contributed by atoms with E-state index in [2.05, 4.69) is 15.6 Å². The van der Waals surface area contributed by atoms with Gasteiger partial charge in [0.1, 0.15) is 0 Å². The molecule has 0 unspecified atom stereocenters. The van der Waals surface area contributed by atoms with Gasteiger partial charge in [-0.2, -0.15) is 0 Å². The summed E-state index contributed by atoms with van der Waals surface area (Å²) in [7, 11) is 0. The van der Waals surface area contributed by atoms with Crippen LogP contribution in [0.4, 0.5) is 10.8 Å². The highest BCUT2D eigenvalue weighted by Gasteiger charge is 2.15. The minimum atomic E-state index is -0.626. The molecule has 0 bridgehead atoms. The number of carbonyl (C=O) groups excluding carboxylic acids is 4. The summed E-state index contributed by atoms with van der Waals surface area (Å²) >= 11 is 1.15. The maximum absolute atomic E-state index is 12.4. The van der Waals surface area contributed by atoms with Crippen molar-refractivity contribution in [2.24, 2.45) is 0 Å². The van der Waals surface area contributed by atoms with Crippen LogP contribution in [0.3, 0.4) is 0 Å². The Balaban J connectivity index is 1.23. The van der Waals surface area contributed by atoms with Crippen molar-refractivity contribution in [3.63, 3.8) is 0 Å². The number of nitrogens with one attached hydrogen (secondary N) is 2. The summed E-state index contributed by atoms with van der Waals surface area (Å²) in [5.41, 5.74) is 1.80. The average molecular weight is 490 g/mol. The molecule has 0 aliphatic carbocycles. The predicted octanol–water partition coefficient (Wildman–Crippen LogP) is 4.21. The Kier molecular flexibility index (Phi) is 7.44. The van der Waals surface area contributed by atoms with Gasteiger partial charge in [-0.15, -0.1) is 11.3 Å². The molecule has 0 aliphatic rings. The lowest BCUT2D eigenvalue weighted by Gasteiger charge is -2.07. The predicted molar refractivity (Wildman–Crippen MR) is 129 cm³/mol. The average Bonchev–Trinajstić information content (AvgIpc) is 3.56. The second-order valence-electron chi connectivity index (χ2n) is 7.23. The van der Waals surface area contributed by atoms with Crippen LogP contribution in [0.1, 0.15) is 37.0 Å². The summed E-state index contributed by atoms with van der Waals surface area (Å²) in [4.78, 5) is 52.8. The van der Waals surface area contributed by atoms with E-state index in [1.807, 2.05) is 6.07 Å². The molecule has 2 aromatic heterocycles. The number of anilines is 2. The van der Waals surface area contributed by atoms with Crippen molar-refractivity contribution in [3.05, 3.63) is 101 Å². The van der Waals surface area contributed by atoms with Crippen LogP contribution in [-0.2, 0) is 16.0 Å². The number of benzene rings is 2. The zero-order valence-corrected chi connectivity index (χ0v) is 19.0. The van der Waals surface area contributed by atoms with Crippen molar-refractivity contribution in [1.82, 2.24) is 4.98 Å². The highest BCUT2D eigenvalue weighted by atomic mass is 32.1. The van der Waals surface area contributed by atoms with Gasteiger partial charge in [0, 0.05) is 22.2 Å². The minimum absolute atomic E-state index is 0.145. The zero-order valence-electron chi connectivity index (χ0n) is 18.2. The largest absolute Gasteiger partial charge is 0.459 e. The first-order chi connectivity index (χ1) is 17.0. The summed E-state index contributed by atoms with van der Waals surface area (Å²) in [6.45, 7) is -0.430. The fourth-order valence-corrected chi connectivity index (χ4v) is 3.68. The molecule has 0 radical (unpaired) electrons. The van der Waals surface area contributed by atoms with Gasteiger partial charge in [-0.25, -0.2) is 4.98 Å². The number of furan rings is 1. The Morgan fingerprint density at radius 3 is 2.34 bits per heavy atom. The molecule has 0 spiro atoms. The third-order valence-corrected chi connectivity index (χ3v) is 5.51. The molecule has 0 saturated heterocycles. The molecule has 2 amide bonds. The van der Waals surface area contributed by atoms with Crippen LogP contribution >= 0.6 is 11.3 Å². The standard InChI is InChI=1S/C25H19N3O6S/c29-20(16-8-10-18(11-9-16)26-23(31)17-5-2-1-3-6-17)14-34-22(30)13-19-15-35-25(27-19)28-24(32)21-7-4-12-33-21/h1-12,15H,13-14H2,(H,26,31)(H,27,28,32). The molecule has 2 N–H and O–H groups in total. The first kappa shape index (κ1) is 23.6.